The first kappa shape index (κ1) is 9.32. The van der Waals surface area contributed by atoms with Crippen molar-refractivity contribution in [1.82, 2.24) is 0 Å². The van der Waals surface area contributed by atoms with Crippen molar-refractivity contribution in [2.75, 3.05) is 6.61 Å². The monoisotopic (exact) mass is 172 g/mol. The highest BCUT2D eigenvalue weighted by molar-refractivity contribution is 5.79. The standard InChI is InChI=1S/C8H16N2O2/c9-8(10-12)4-6-1-2-7(3-6)5-11/h6-7,11-12H,1-5H2,(H2,9,10). The first-order chi connectivity index (χ1) is 5.76. The molecule has 1 aliphatic rings. The molecule has 0 bridgehead atoms. The molecule has 1 fully saturated rings. The summed E-state index contributed by atoms with van der Waals surface area (Å²) in [5.41, 5.74) is 5.38. The molecule has 0 amide bonds. The van der Waals surface area contributed by atoms with E-state index in [2.05, 4.69) is 5.16 Å². The highest BCUT2D eigenvalue weighted by Crippen LogP contribution is 2.32. The molecule has 12 heavy (non-hydrogen) atoms. The van der Waals surface area contributed by atoms with Crippen LogP contribution < -0.4 is 5.73 Å². The third-order valence-electron chi connectivity index (χ3n) is 2.53. The molecule has 0 aromatic heterocycles. The highest BCUT2D eigenvalue weighted by Gasteiger charge is 2.24. The molecule has 0 radical (unpaired) electrons. The van der Waals surface area contributed by atoms with Crippen LogP contribution in [0.25, 0.3) is 0 Å². The van der Waals surface area contributed by atoms with Gasteiger partial charge in [-0.15, -0.1) is 0 Å². The van der Waals surface area contributed by atoms with E-state index in [1.54, 1.807) is 0 Å². The molecule has 0 spiro atoms. The van der Waals surface area contributed by atoms with E-state index in [1.807, 2.05) is 0 Å². The molecule has 4 nitrogen and oxygen atoms in total. The van der Waals surface area contributed by atoms with Gasteiger partial charge in [-0.25, -0.2) is 0 Å². The Morgan fingerprint density at radius 2 is 2.08 bits per heavy atom. The lowest BCUT2D eigenvalue weighted by Gasteiger charge is -2.07. The van der Waals surface area contributed by atoms with Crippen molar-refractivity contribution >= 4 is 5.84 Å². The first-order valence-corrected chi connectivity index (χ1v) is 4.33. The maximum atomic E-state index is 8.86. The minimum atomic E-state index is 0.271. The van der Waals surface area contributed by atoms with Gasteiger partial charge in [-0.1, -0.05) is 5.16 Å². The van der Waals surface area contributed by atoms with E-state index < -0.39 is 0 Å². The summed E-state index contributed by atoms with van der Waals surface area (Å²) in [5, 5.41) is 20.1. The van der Waals surface area contributed by atoms with E-state index in [9.17, 15) is 0 Å². The molecule has 2 atom stereocenters. The fourth-order valence-electron chi connectivity index (χ4n) is 1.87. The Kier molecular flexibility index (Phi) is 3.34. The van der Waals surface area contributed by atoms with Crippen LogP contribution in [0, 0.1) is 11.8 Å². The van der Waals surface area contributed by atoms with Gasteiger partial charge in [-0.3, -0.25) is 0 Å². The van der Waals surface area contributed by atoms with Crippen molar-refractivity contribution in [3.05, 3.63) is 0 Å². The van der Waals surface area contributed by atoms with Crippen LogP contribution in [0.2, 0.25) is 0 Å². The van der Waals surface area contributed by atoms with Gasteiger partial charge in [0, 0.05) is 13.0 Å². The lowest BCUT2D eigenvalue weighted by molar-refractivity contribution is 0.226. The number of amidine groups is 1. The van der Waals surface area contributed by atoms with Gasteiger partial charge in [0.25, 0.3) is 0 Å². The zero-order chi connectivity index (χ0) is 8.97. The Hall–Kier alpha value is -0.770. The predicted molar refractivity (Wildman–Crippen MR) is 45.9 cm³/mol. The van der Waals surface area contributed by atoms with Crippen molar-refractivity contribution in [2.45, 2.75) is 25.7 Å². The summed E-state index contributed by atoms with van der Waals surface area (Å²) in [5.74, 6) is 1.23. The number of hydrogen-bond acceptors (Lipinski definition) is 3. The van der Waals surface area contributed by atoms with Crippen molar-refractivity contribution in [2.24, 2.45) is 22.7 Å². The predicted octanol–water partition coefficient (Wildman–Crippen LogP) is 0.531. The fraction of sp³-hybridized carbons (Fsp3) is 0.875. The Balaban J connectivity index is 2.28. The number of oxime groups is 1. The van der Waals surface area contributed by atoms with E-state index in [0.29, 0.717) is 24.1 Å². The quantitative estimate of drug-likeness (QED) is 0.251. The molecule has 2 unspecified atom stereocenters. The molecule has 4 N–H and O–H groups in total. The summed E-state index contributed by atoms with van der Waals surface area (Å²) < 4.78 is 0. The summed E-state index contributed by atoms with van der Waals surface area (Å²) in [6.07, 6.45) is 3.82. The van der Waals surface area contributed by atoms with E-state index in [1.165, 1.54) is 0 Å². The molecule has 0 aliphatic heterocycles. The number of rotatable bonds is 3. The SMILES string of the molecule is NC(CC1CCC(CO)C1)=NO. The lowest BCUT2D eigenvalue weighted by atomic mass is 10.0. The Morgan fingerprint density at radius 3 is 2.58 bits per heavy atom. The molecular weight excluding hydrogens is 156 g/mol. The highest BCUT2D eigenvalue weighted by atomic mass is 16.4. The maximum absolute atomic E-state index is 8.86. The molecule has 0 aromatic carbocycles. The molecular formula is C8H16N2O2. The van der Waals surface area contributed by atoms with Crippen LogP contribution in [0.3, 0.4) is 0 Å². The molecule has 0 aromatic rings. The van der Waals surface area contributed by atoms with Crippen molar-refractivity contribution in [3.63, 3.8) is 0 Å². The molecule has 1 rings (SSSR count). The van der Waals surface area contributed by atoms with E-state index in [4.69, 9.17) is 16.0 Å². The fourth-order valence-corrected chi connectivity index (χ4v) is 1.87. The second-order valence-electron chi connectivity index (χ2n) is 3.52. The third-order valence-corrected chi connectivity index (χ3v) is 2.53. The van der Waals surface area contributed by atoms with Crippen LogP contribution >= 0.6 is 0 Å². The van der Waals surface area contributed by atoms with E-state index in [0.717, 1.165) is 19.3 Å². The van der Waals surface area contributed by atoms with Gasteiger partial charge < -0.3 is 16.0 Å². The normalized spacial score (nSPS) is 30.9. The van der Waals surface area contributed by atoms with Gasteiger partial charge in [-0.2, -0.15) is 0 Å². The molecule has 0 saturated heterocycles. The van der Waals surface area contributed by atoms with Gasteiger partial charge in [0.2, 0.25) is 0 Å². The molecule has 70 valence electrons. The van der Waals surface area contributed by atoms with Crippen molar-refractivity contribution in [3.8, 4) is 0 Å². The van der Waals surface area contributed by atoms with Crippen molar-refractivity contribution in [1.29, 1.82) is 0 Å². The minimum Gasteiger partial charge on any atom is -0.409 e. The van der Waals surface area contributed by atoms with Crippen LogP contribution in [-0.4, -0.2) is 22.8 Å². The average Bonchev–Trinajstić information content (AvgIpc) is 2.52. The second-order valence-corrected chi connectivity index (χ2v) is 3.52. The zero-order valence-electron chi connectivity index (χ0n) is 7.11. The van der Waals surface area contributed by atoms with Gasteiger partial charge in [0.05, 0.1) is 0 Å². The summed E-state index contributed by atoms with van der Waals surface area (Å²) in [6.45, 7) is 0.271. The largest absolute Gasteiger partial charge is 0.409 e. The van der Waals surface area contributed by atoms with Gasteiger partial charge >= 0.3 is 0 Å². The third kappa shape index (κ3) is 2.37. The molecule has 1 saturated carbocycles. The van der Waals surface area contributed by atoms with Crippen LogP contribution in [0.4, 0.5) is 0 Å². The van der Waals surface area contributed by atoms with Crippen LogP contribution in [-0.2, 0) is 0 Å². The topological polar surface area (TPSA) is 78.8 Å². The lowest BCUT2D eigenvalue weighted by Crippen LogP contribution is -2.15. The summed E-state index contributed by atoms with van der Waals surface area (Å²) in [7, 11) is 0. The molecule has 1 aliphatic carbocycles. The summed E-state index contributed by atoms with van der Waals surface area (Å²) in [4.78, 5) is 0. The number of nitrogens with two attached hydrogens (primary N) is 1. The average molecular weight is 172 g/mol. The number of nitrogens with zero attached hydrogens (tertiary/aromatic N) is 1. The maximum Gasteiger partial charge on any atom is 0.139 e. The van der Waals surface area contributed by atoms with E-state index >= 15 is 0 Å². The van der Waals surface area contributed by atoms with Crippen LogP contribution in [0.5, 0.6) is 0 Å². The van der Waals surface area contributed by atoms with Crippen LogP contribution in [0.15, 0.2) is 5.16 Å². The summed E-state index contributed by atoms with van der Waals surface area (Å²) >= 11 is 0. The Bertz CT molecular complexity index is 170. The number of aliphatic hydroxyl groups is 1. The smallest absolute Gasteiger partial charge is 0.139 e. The van der Waals surface area contributed by atoms with Gasteiger partial charge in [0.1, 0.15) is 5.84 Å². The zero-order valence-corrected chi connectivity index (χ0v) is 7.11. The van der Waals surface area contributed by atoms with Crippen molar-refractivity contribution < 1.29 is 10.3 Å². The molecule has 4 heteroatoms. The van der Waals surface area contributed by atoms with E-state index in [-0.39, 0.29) is 6.61 Å². The molecule has 0 heterocycles. The minimum absolute atomic E-state index is 0.271. The number of hydrogen-bond donors (Lipinski definition) is 3. The van der Waals surface area contributed by atoms with Crippen LogP contribution in [0.1, 0.15) is 25.7 Å². The second kappa shape index (κ2) is 4.30. The number of aliphatic hydroxyl groups excluding tert-OH is 1. The Labute approximate surface area is 72.1 Å². The van der Waals surface area contributed by atoms with Gasteiger partial charge in [0.15, 0.2) is 0 Å². The summed E-state index contributed by atoms with van der Waals surface area (Å²) in [6, 6.07) is 0. The first-order valence-electron chi connectivity index (χ1n) is 4.33. The Morgan fingerprint density at radius 1 is 1.42 bits per heavy atom. The van der Waals surface area contributed by atoms with Gasteiger partial charge in [-0.05, 0) is 31.1 Å².